The second-order valence-corrected chi connectivity index (χ2v) is 7.11. The predicted molar refractivity (Wildman–Crippen MR) is 98.8 cm³/mol. The Morgan fingerprint density at radius 2 is 1.83 bits per heavy atom. The second-order valence-electron chi connectivity index (χ2n) is 4.86. The molecule has 0 aliphatic rings. The number of hydrogen-bond acceptors (Lipinski definition) is 4. The van der Waals surface area contributed by atoms with Crippen LogP contribution in [0.2, 0.25) is 5.02 Å². The predicted octanol–water partition coefficient (Wildman–Crippen LogP) is 4.34. The number of nitrogen functional groups attached to an aromatic ring is 1. The lowest BCUT2D eigenvalue weighted by molar-refractivity contribution is 0.388. The average Bonchev–Trinajstić information content (AvgIpc) is 2.88. The van der Waals surface area contributed by atoms with Gasteiger partial charge in [0.15, 0.2) is 5.75 Å². The third-order valence-corrected chi connectivity index (χ3v) is 4.64. The van der Waals surface area contributed by atoms with Gasteiger partial charge in [-0.2, -0.15) is 8.42 Å². The van der Waals surface area contributed by atoms with Gasteiger partial charge in [-0.3, -0.25) is 4.55 Å². The number of nitrogens with two attached hydrogens (primary N) is 1. The first-order valence-corrected chi connectivity index (χ1v) is 9.15. The molecule has 9 heteroatoms. The van der Waals surface area contributed by atoms with E-state index in [4.69, 9.17) is 21.9 Å². The smallest absolute Gasteiger partial charge is 0.399 e. The molecule has 0 saturated heterocycles. The average molecular weight is 434 g/mol. The van der Waals surface area contributed by atoms with E-state index in [2.05, 4.69) is 25.1 Å². The molecule has 0 saturated carbocycles. The van der Waals surface area contributed by atoms with Gasteiger partial charge in [-0.1, -0.05) is 29.3 Å². The van der Waals surface area contributed by atoms with E-state index in [-0.39, 0.29) is 5.75 Å². The van der Waals surface area contributed by atoms with Gasteiger partial charge in [0.2, 0.25) is 0 Å². The van der Waals surface area contributed by atoms with Crippen molar-refractivity contribution in [1.29, 1.82) is 0 Å². The summed E-state index contributed by atoms with van der Waals surface area (Å²) in [6.07, 6.45) is 1.30. The molecule has 0 atom stereocenters. The van der Waals surface area contributed by atoms with E-state index in [1.807, 2.05) is 31.2 Å². The Morgan fingerprint density at radius 1 is 1.21 bits per heavy atom. The van der Waals surface area contributed by atoms with Gasteiger partial charge in [0.1, 0.15) is 0 Å². The van der Waals surface area contributed by atoms with Gasteiger partial charge in [-0.15, -0.1) is 0 Å². The Bertz CT molecular complexity index is 935. The Labute approximate surface area is 152 Å². The molecule has 128 valence electrons. The maximum absolute atomic E-state index is 10.6. The fraction of sp³-hybridized carbons (Fsp3) is 0.0667. The van der Waals surface area contributed by atoms with Crippen LogP contribution in [-0.2, 0) is 10.4 Å². The minimum atomic E-state index is -4.56. The van der Waals surface area contributed by atoms with Crippen LogP contribution in [0.5, 0.6) is 5.75 Å². The number of nitrogens with one attached hydrogen (secondary N) is 1. The Kier molecular flexibility index (Phi) is 5.76. The summed E-state index contributed by atoms with van der Waals surface area (Å²) in [7, 11) is -4.56. The van der Waals surface area contributed by atoms with E-state index in [1.54, 1.807) is 12.1 Å². The highest BCUT2D eigenvalue weighted by atomic mass is 79.9. The van der Waals surface area contributed by atoms with Crippen LogP contribution in [0.1, 0.15) is 5.56 Å². The first-order valence-electron chi connectivity index (χ1n) is 6.61. The van der Waals surface area contributed by atoms with Crippen molar-refractivity contribution in [2.75, 3.05) is 5.73 Å². The summed E-state index contributed by atoms with van der Waals surface area (Å²) >= 11 is 9.18. The molecule has 0 fully saturated rings. The fourth-order valence-corrected chi connectivity index (χ4v) is 2.82. The van der Waals surface area contributed by atoms with Crippen molar-refractivity contribution in [1.82, 2.24) is 4.98 Å². The molecule has 0 spiro atoms. The second kappa shape index (κ2) is 7.43. The molecule has 1 aromatic heterocycles. The zero-order valence-corrected chi connectivity index (χ0v) is 15.6. The highest BCUT2D eigenvalue weighted by molar-refractivity contribution is 9.10. The maximum atomic E-state index is 10.6. The quantitative estimate of drug-likeness (QED) is 0.412. The van der Waals surface area contributed by atoms with Crippen LogP contribution in [0.25, 0.3) is 10.9 Å². The molecule has 6 nitrogen and oxygen atoms in total. The van der Waals surface area contributed by atoms with Crippen LogP contribution in [0.4, 0.5) is 5.69 Å². The van der Waals surface area contributed by atoms with Gasteiger partial charge in [-0.05, 0) is 47.1 Å². The molecule has 4 N–H and O–H groups in total. The molecule has 0 bridgehead atoms. The SMILES string of the molecule is Cc1ccc(N)cc1.O=S(=O)(O)Oc1c[nH]c2ccc(Br)c(Cl)c12. The minimum Gasteiger partial charge on any atom is -0.399 e. The lowest BCUT2D eigenvalue weighted by Gasteiger charge is -2.01. The van der Waals surface area contributed by atoms with Crippen LogP contribution >= 0.6 is 27.5 Å². The third-order valence-electron chi connectivity index (χ3n) is 2.97. The molecule has 0 aliphatic heterocycles. The van der Waals surface area contributed by atoms with Crippen molar-refractivity contribution >= 4 is 54.5 Å². The van der Waals surface area contributed by atoms with E-state index in [0.29, 0.717) is 20.4 Å². The number of aromatic nitrogens is 1. The van der Waals surface area contributed by atoms with Crippen molar-refractivity contribution in [3.63, 3.8) is 0 Å². The Balaban J connectivity index is 0.000000219. The number of fused-ring (bicyclic) bond motifs is 1. The zero-order chi connectivity index (χ0) is 17.9. The van der Waals surface area contributed by atoms with E-state index in [0.717, 1.165) is 5.69 Å². The van der Waals surface area contributed by atoms with Crippen LogP contribution in [-0.4, -0.2) is 18.0 Å². The van der Waals surface area contributed by atoms with Crippen molar-refractivity contribution in [2.24, 2.45) is 0 Å². The summed E-state index contributed by atoms with van der Waals surface area (Å²) in [5.41, 5.74) is 8.11. The van der Waals surface area contributed by atoms with Crippen LogP contribution in [0, 0.1) is 6.92 Å². The molecule has 1 heterocycles. The topological polar surface area (TPSA) is 105 Å². The molecular weight excluding hydrogens is 420 g/mol. The number of aryl methyl sites for hydroxylation is 1. The highest BCUT2D eigenvalue weighted by Gasteiger charge is 2.15. The summed E-state index contributed by atoms with van der Waals surface area (Å²) in [5, 5.41) is 0.686. The number of benzene rings is 2. The molecule has 2 aromatic carbocycles. The third kappa shape index (κ3) is 4.88. The number of rotatable bonds is 2. The first-order chi connectivity index (χ1) is 11.2. The summed E-state index contributed by atoms with van der Waals surface area (Å²) in [5.74, 6) is -0.0520. The van der Waals surface area contributed by atoms with Crippen molar-refractivity contribution in [3.05, 3.63) is 57.7 Å². The molecule has 0 radical (unpaired) electrons. The lowest BCUT2D eigenvalue weighted by Crippen LogP contribution is -2.06. The van der Waals surface area contributed by atoms with E-state index >= 15 is 0 Å². The molecule has 24 heavy (non-hydrogen) atoms. The van der Waals surface area contributed by atoms with Crippen LogP contribution in [0.3, 0.4) is 0 Å². The number of anilines is 1. The number of H-pyrrole nitrogens is 1. The van der Waals surface area contributed by atoms with Gasteiger partial charge in [0.05, 0.1) is 15.9 Å². The molecule has 0 aliphatic carbocycles. The molecule has 3 rings (SSSR count). The van der Waals surface area contributed by atoms with Gasteiger partial charge in [0, 0.05) is 16.4 Å². The van der Waals surface area contributed by atoms with E-state index in [9.17, 15) is 8.42 Å². The first kappa shape index (κ1) is 18.6. The molecule has 3 aromatic rings. The van der Waals surface area contributed by atoms with E-state index < -0.39 is 10.4 Å². The number of hydrogen-bond donors (Lipinski definition) is 3. The largest absolute Gasteiger partial charge is 0.446 e. The molecular formula is C15H14BrClN2O4S. The Morgan fingerprint density at radius 3 is 2.38 bits per heavy atom. The molecule has 0 unspecified atom stereocenters. The number of halogens is 2. The maximum Gasteiger partial charge on any atom is 0.446 e. The lowest BCUT2D eigenvalue weighted by atomic mass is 10.2. The summed E-state index contributed by atoms with van der Waals surface area (Å²) < 4.78 is 34.8. The summed E-state index contributed by atoms with van der Waals surface area (Å²) in [4.78, 5) is 2.77. The van der Waals surface area contributed by atoms with Gasteiger partial charge >= 0.3 is 10.4 Å². The van der Waals surface area contributed by atoms with Crippen LogP contribution < -0.4 is 9.92 Å². The highest BCUT2D eigenvalue weighted by Crippen LogP contribution is 2.37. The standard InChI is InChI=1S/C8H5BrClNO4S.C7H9N/c9-4-1-2-5-7(8(4)10)6(3-11-5)15-16(12,13)14;1-6-2-4-7(8)5-3-6/h1-3,11H,(H,12,13,14);2-5H,8H2,1H3. The van der Waals surface area contributed by atoms with Crippen molar-refractivity contribution in [3.8, 4) is 5.75 Å². The summed E-state index contributed by atoms with van der Waals surface area (Å²) in [6.45, 7) is 2.04. The van der Waals surface area contributed by atoms with Gasteiger partial charge in [-0.25, -0.2) is 0 Å². The number of aromatic amines is 1. The van der Waals surface area contributed by atoms with Crippen molar-refractivity contribution < 1.29 is 17.2 Å². The van der Waals surface area contributed by atoms with Gasteiger partial charge in [0.25, 0.3) is 0 Å². The normalized spacial score (nSPS) is 11.0. The van der Waals surface area contributed by atoms with Crippen LogP contribution in [0.15, 0.2) is 47.1 Å². The Hall–Kier alpha value is -1.74. The van der Waals surface area contributed by atoms with Crippen molar-refractivity contribution in [2.45, 2.75) is 6.92 Å². The zero-order valence-electron chi connectivity index (χ0n) is 12.5. The van der Waals surface area contributed by atoms with Gasteiger partial charge < -0.3 is 14.9 Å². The summed E-state index contributed by atoms with van der Waals surface area (Å²) in [6, 6.07) is 11.2. The fourth-order valence-electron chi connectivity index (χ4n) is 1.87. The van der Waals surface area contributed by atoms with E-state index in [1.165, 1.54) is 11.8 Å². The molecule has 0 amide bonds. The monoisotopic (exact) mass is 432 g/mol. The minimum absolute atomic E-state index is 0.0520.